The quantitative estimate of drug-likeness (QED) is 0.661. The molecule has 0 bridgehead atoms. The SMILES string of the molecule is CCCNCC(Cc1ccccc1)Cc1ccc(CC)s1. The van der Waals surface area contributed by atoms with Crippen molar-refractivity contribution in [2.75, 3.05) is 13.1 Å². The van der Waals surface area contributed by atoms with Gasteiger partial charge in [-0.05, 0) is 62.4 Å². The maximum Gasteiger partial charge on any atom is 0.00515 e. The summed E-state index contributed by atoms with van der Waals surface area (Å²) in [4.78, 5) is 3.04. The van der Waals surface area contributed by atoms with E-state index in [9.17, 15) is 0 Å². The molecule has 1 aromatic carbocycles. The Hall–Kier alpha value is -1.12. The summed E-state index contributed by atoms with van der Waals surface area (Å²) >= 11 is 1.98. The lowest BCUT2D eigenvalue weighted by Gasteiger charge is -2.17. The van der Waals surface area contributed by atoms with Crippen LogP contribution >= 0.6 is 11.3 Å². The van der Waals surface area contributed by atoms with E-state index < -0.39 is 0 Å². The van der Waals surface area contributed by atoms with Crippen LogP contribution in [-0.2, 0) is 19.3 Å². The highest BCUT2D eigenvalue weighted by atomic mass is 32.1. The van der Waals surface area contributed by atoms with Crippen LogP contribution in [0.3, 0.4) is 0 Å². The van der Waals surface area contributed by atoms with Crippen LogP contribution in [0.4, 0.5) is 0 Å². The molecule has 0 aliphatic rings. The van der Waals surface area contributed by atoms with Gasteiger partial charge in [-0.2, -0.15) is 0 Å². The normalized spacial score (nSPS) is 12.5. The Morgan fingerprint density at radius 3 is 2.38 bits per heavy atom. The molecule has 0 aliphatic heterocycles. The summed E-state index contributed by atoms with van der Waals surface area (Å²) in [6.07, 6.45) is 4.71. The molecule has 0 amide bonds. The van der Waals surface area contributed by atoms with Crippen molar-refractivity contribution in [2.45, 2.75) is 39.5 Å². The number of thiophene rings is 1. The van der Waals surface area contributed by atoms with Gasteiger partial charge in [-0.15, -0.1) is 11.3 Å². The maximum atomic E-state index is 3.60. The van der Waals surface area contributed by atoms with Crippen LogP contribution in [0.2, 0.25) is 0 Å². The Morgan fingerprint density at radius 1 is 0.952 bits per heavy atom. The Labute approximate surface area is 133 Å². The molecule has 1 atom stereocenters. The van der Waals surface area contributed by atoms with E-state index in [4.69, 9.17) is 0 Å². The minimum Gasteiger partial charge on any atom is -0.316 e. The largest absolute Gasteiger partial charge is 0.316 e. The fraction of sp³-hybridized carbons (Fsp3) is 0.474. The third-order valence-corrected chi connectivity index (χ3v) is 5.03. The van der Waals surface area contributed by atoms with Crippen molar-refractivity contribution >= 4 is 11.3 Å². The summed E-state index contributed by atoms with van der Waals surface area (Å²) in [6.45, 7) is 6.70. The van der Waals surface area contributed by atoms with Gasteiger partial charge in [0, 0.05) is 9.75 Å². The van der Waals surface area contributed by atoms with Gasteiger partial charge in [0.15, 0.2) is 0 Å². The first-order chi connectivity index (χ1) is 10.3. The van der Waals surface area contributed by atoms with Crippen molar-refractivity contribution in [1.82, 2.24) is 5.32 Å². The van der Waals surface area contributed by atoms with Crippen molar-refractivity contribution < 1.29 is 0 Å². The van der Waals surface area contributed by atoms with Gasteiger partial charge >= 0.3 is 0 Å². The minimum absolute atomic E-state index is 0.683. The average Bonchev–Trinajstić information content (AvgIpc) is 2.96. The number of hydrogen-bond acceptors (Lipinski definition) is 2. The number of hydrogen-bond donors (Lipinski definition) is 1. The third kappa shape index (κ3) is 5.64. The maximum absolute atomic E-state index is 3.60. The predicted octanol–water partition coefficient (Wildman–Crippen LogP) is 4.71. The van der Waals surface area contributed by atoms with E-state index in [0.29, 0.717) is 5.92 Å². The van der Waals surface area contributed by atoms with E-state index in [1.165, 1.54) is 28.2 Å². The highest BCUT2D eigenvalue weighted by Gasteiger charge is 2.12. The summed E-state index contributed by atoms with van der Waals surface area (Å²) < 4.78 is 0. The topological polar surface area (TPSA) is 12.0 Å². The molecule has 0 radical (unpaired) electrons. The summed E-state index contributed by atoms with van der Waals surface area (Å²) in [7, 11) is 0. The number of aryl methyl sites for hydroxylation is 1. The van der Waals surface area contributed by atoms with Crippen molar-refractivity contribution in [3.05, 3.63) is 57.8 Å². The van der Waals surface area contributed by atoms with E-state index in [1.807, 2.05) is 11.3 Å². The number of nitrogens with one attached hydrogen (secondary N) is 1. The standard InChI is InChI=1S/C19H27NS/c1-3-12-20-15-17(13-16-8-6-5-7-9-16)14-19-11-10-18(4-2)21-19/h5-11,17,20H,3-4,12-15H2,1-2H3. The highest BCUT2D eigenvalue weighted by molar-refractivity contribution is 7.11. The van der Waals surface area contributed by atoms with Crippen LogP contribution in [0.1, 0.15) is 35.6 Å². The zero-order valence-electron chi connectivity index (χ0n) is 13.3. The minimum atomic E-state index is 0.683. The van der Waals surface area contributed by atoms with Gasteiger partial charge in [-0.1, -0.05) is 44.2 Å². The highest BCUT2D eigenvalue weighted by Crippen LogP contribution is 2.22. The summed E-state index contributed by atoms with van der Waals surface area (Å²) in [5, 5.41) is 3.60. The Kier molecular flexibility index (Phi) is 6.98. The second-order valence-electron chi connectivity index (χ2n) is 5.69. The lowest BCUT2D eigenvalue weighted by atomic mass is 9.95. The zero-order valence-corrected chi connectivity index (χ0v) is 14.1. The molecule has 1 heterocycles. The van der Waals surface area contributed by atoms with Gasteiger partial charge in [0.05, 0.1) is 0 Å². The van der Waals surface area contributed by atoms with Crippen LogP contribution in [-0.4, -0.2) is 13.1 Å². The second-order valence-corrected chi connectivity index (χ2v) is 6.94. The van der Waals surface area contributed by atoms with Crippen LogP contribution in [0.15, 0.2) is 42.5 Å². The first-order valence-electron chi connectivity index (χ1n) is 8.14. The molecule has 0 saturated heterocycles. The van der Waals surface area contributed by atoms with Crippen molar-refractivity contribution in [1.29, 1.82) is 0 Å². The van der Waals surface area contributed by atoms with Gasteiger partial charge in [-0.25, -0.2) is 0 Å². The molecule has 2 aromatic rings. The molecule has 1 unspecified atom stereocenters. The van der Waals surface area contributed by atoms with Crippen molar-refractivity contribution in [2.24, 2.45) is 5.92 Å². The Bertz CT molecular complexity index is 503. The van der Waals surface area contributed by atoms with E-state index in [1.54, 1.807) is 0 Å². The smallest absolute Gasteiger partial charge is 0.00515 e. The molecule has 0 aliphatic carbocycles. The number of benzene rings is 1. The molecule has 1 nitrogen and oxygen atoms in total. The molecule has 1 aromatic heterocycles. The van der Waals surface area contributed by atoms with E-state index in [0.717, 1.165) is 25.9 Å². The molecular formula is C19H27NS. The average molecular weight is 301 g/mol. The van der Waals surface area contributed by atoms with Gasteiger partial charge in [-0.3, -0.25) is 0 Å². The van der Waals surface area contributed by atoms with Gasteiger partial charge < -0.3 is 5.32 Å². The van der Waals surface area contributed by atoms with Crippen LogP contribution < -0.4 is 5.32 Å². The summed E-state index contributed by atoms with van der Waals surface area (Å²) in [5.74, 6) is 0.683. The second kappa shape index (κ2) is 9.01. The molecular weight excluding hydrogens is 274 g/mol. The van der Waals surface area contributed by atoms with Crippen molar-refractivity contribution in [3.8, 4) is 0 Å². The van der Waals surface area contributed by atoms with E-state index in [-0.39, 0.29) is 0 Å². The number of rotatable bonds is 9. The first-order valence-corrected chi connectivity index (χ1v) is 8.95. The van der Waals surface area contributed by atoms with Crippen LogP contribution in [0.25, 0.3) is 0 Å². The zero-order chi connectivity index (χ0) is 14.9. The third-order valence-electron chi connectivity index (χ3n) is 3.78. The lowest BCUT2D eigenvalue weighted by molar-refractivity contribution is 0.473. The molecule has 2 heteroatoms. The monoisotopic (exact) mass is 301 g/mol. The summed E-state index contributed by atoms with van der Waals surface area (Å²) in [6, 6.07) is 15.5. The first kappa shape index (κ1) is 16.3. The predicted molar refractivity (Wildman–Crippen MR) is 94.2 cm³/mol. The van der Waals surface area contributed by atoms with Gasteiger partial charge in [0.1, 0.15) is 0 Å². The van der Waals surface area contributed by atoms with Crippen molar-refractivity contribution in [3.63, 3.8) is 0 Å². The molecule has 0 fully saturated rings. The molecule has 2 rings (SSSR count). The van der Waals surface area contributed by atoms with E-state index >= 15 is 0 Å². The Balaban J connectivity index is 1.97. The molecule has 0 spiro atoms. The van der Waals surface area contributed by atoms with Gasteiger partial charge in [0.2, 0.25) is 0 Å². The summed E-state index contributed by atoms with van der Waals surface area (Å²) in [5.41, 5.74) is 1.45. The molecule has 21 heavy (non-hydrogen) atoms. The fourth-order valence-corrected chi connectivity index (χ4v) is 3.73. The molecule has 0 saturated carbocycles. The fourth-order valence-electron chi connectivity index (χ4n) is 2.65. The van der Waals surface area contributed by atoms with Crippen LogP contribution in [0, 0.1) is 5.92 Å². The van der Waals surface area contributed by atoms with Crippen LogP contribution in [0.5, 0.6) is 0 Å². The lowest BCUT2D eigenvalue weighted by Crippen LogP contribution is -2.26. The van der Waals surface area contributed by atoms with Gasteiger partial charge in [0.25, 0.3) is 0 Å². The molecule has 1 N–H and O–H groups in total. The van der Waals surface area contributed by atoms with E-state index in [2.05, 4.69) is 61.6 Å². The molecule has 114 valence electrons. The Morgan fingerprint density at radius 2 is 1.71 bits per heavy atom.